The number of ether oxygens (including phenoxy) is 3. The van der Waals surface area contributed by atoms with Crippen LogP contribution in [0.2, 0.25) is 0 Å². The van der Waals surface area contributed by atoms with E-state index in [1.165, 1.54) is 0 Å². The average Bonchev–Trinajstić information content (AvgIpc) is 2.96. The lowest BCUT2D eigenvalue weighted by molar-refractivity contribution is -0.129. The highest BCUT2D eigenvalue weighted by molar-refractivity contribution is 6.13. The van der Waals surface area contributed by atoms with Crippen LogP contribution in [0.5, 0.6) is 11.5 Å². The molecular formula is C17H14N2O4. The first kappa shape index (κ1) is 14.8. The predicted molar refractivity (Wildman–Crippen MR) is 84.4 cm³/mol. The van der Waals surface area contributed by atoms with E-state index >= 15 is 0 Å². The number of carbonyl (C=O) groups is 1. The first-order chi connectivity index (χ1) is 11.2. The highest BCUT2D eigenvalue weighted by Crippen LogP contribution is 2.26. The number of esters is 1. The Morgan fingerprint density at radius 2 is 1.70 bits per heavy atom. The summed E-state index contributed by atoms with van der Waals surface area (Å²) in [5.74, 6) is 0.889. The number of methoxy groups -OCH3 is 2. The SMILES string of the molecule is COc1cc(OC)cc(C2=N/C(=C/c3ccncc3)C(=O)O2)c1. The molecule has 23 heavy (non-hydrogen) atoms. The Bertz CT molecular complexity index is 775. The Balaban J connectivity index is 1.97. The molecule has 6 heteroatoms. The fourth-order valence-electron chi connectivity index (χ4n) is 2.08. The van der Waals surface area contributed by atoms with Crippen molar-refractivity contribution in [1.82, 2.24) is 4.98 Å². The zero-order valence-corrected chi connectivity index (χ0v) is 12.6. The van der Waals surface area contributed by atoms with Crippen LogP contribution < -0.4 is 9.47 Å². The molecular weight excluding hydrogens is 296 g/mol. The van der Waals surface area contributed by atoms with Crippen molar-refractivity contribution in [1.29, 1.82) is 0 Å². The van der Waals surface area contributed by atoms with Gasteiger partial charge in [-0.15, -0.1) is 0 Å². The van der Waals surface area contributed by atoms with Crippen LogP contribution in [-0.4, -0.2) is 31.1 Å². The molecule has 0 saturated carbocycles. The van der Waals surface area contributed by atoms with Crippen LogP contribution in [0, 0.1) is 0 Å². The van der Waals surface area contributed by atoms with Gasteiger partial charge in [-0.05, 0) is 35.9 Å². The van der Waals surface area contributed by atoms with Crippen LogP contribution in [0.15, 0.2) is 53.4 Å². The van der Waals surface area contributed by atoms with E-state index in [1.807, 2.05) is 0 Å². The second kappa shape index (κ2) is 6.31. The first-order valence-corrected chi connectivity index (χ1v) is 6.85. The Morgan fingerprint density at radius 1 is 1.04 bits per heavy atom. The van der Waals surface area contributed by atoms with E-state index in [2.05, 4.69) is 9.98 Å². The zero-order chi connectivity index (χ0) is 16.2. The number of nitrogens with zero attached hydrogens (tertiary/aromatic N) is 2. The Hall–Kier alpha value is -3.15. The van der Waals surface area contributed by atoms with Crippen molar-refractivity contribution in [2.75, 3.05) is 14.2 Å². The van der Waals surface area contributed by atoms with Crippen LogP contribution >= 0.6 is 0 Å². The summed E-state index contributed by atoms with van der Waals surface area (Å²) in [6.45, 7) is 0. The predicted octanol–water partition coefficient (Wildman–Crippen LogP) is 2.44. The number of aromatic nitrogens is 1. The van der Waals surface area contributed by atoms with Crippen molar-refractivity contribution in [3.63, 3.8) is 0 Å². The van der Waals surface area contributed by atoms with Gasteiger partial charge in [0.25, 0.3) is 0 Å². The quantitative estimate of drug-likeness (QED) is 0.641. The number of hydrogen-bond donors (Lipinski definition) is 0. The number of aliphatic imine (C=N–C) groups is 1. The van der Waals surface area contributed by atoms with E-state index in [-0.39, 0.29) is 11.6 Å². The van der Waals surface area contributed by atoms with E-state index < -0.39 is 5.97 Å². The van der Waals surface area contributed by atoms with Crippen molar-refractivity contribution in [2.45, 2.75) is 0 Å². The Kier molecular flexibility index (Phi) is 4.05. The molecule has 1 aliphatic heterocycles. The van der Waals surface area contributed by atoms with Crippen molar-refractivity contribution < 1.29 is 19.0 Å². The number of hydrogen-bond acceptors (Lipinski definition) is 6. The highest BCUT2D eigenvalue weighted by atomic mass is 16.6. The molecule has 0 spiro atoms. The van der Waals surface area contributed by atoms with Gasteiger partial charge in [-0.2, -0.15) is 0 Å². The zero-order valence-electron chi connectivity index (χ0n) is 12.6. The van der Waals surface area contributed by atoms with Crippen LogP contribution in [0.3, 0.4) is 0 Å². The van der Waals surface area contributed by atoms with Gasteiger partial charge in [-0.1, -0.05) is 0 Å². The smallest absolute Gasteiger partial charge is 0.363 e. The molecule has 0 unspecified atom stereocenters. The van der Waals surface area contributed by atoms with Gasteiger partial charge in [0, 0.05) is 24.0 Å². The maximum Gasteiger partial charge on any atom is 0.363 e. The lowest BCUT2D eigenvalue weighted by Gasteiger charge is -2.07. The van der Waals surface area contributed by atoms with E-state index in [9.17, 15) is 4.79 Å². The molecule has 0 radical (unpaired) electrons. The molecule has 1 aliphatic rings. The molecule has 6 nitrogen and oxygen atoms in total. The summed E-state index contributed by atoms with van der Waals surface area (Å²) < 4.78 is 15.7. The van der Waals surface area contributed by atoms with Crippen molar-refractivity contribution >= 4 is 17.9 Å². The Labute approximate surface area is 133 Å². The monoisotopic (exact) mass is 310 g/mol. The largest absolute Gasteiger partial charge is 0.497 e. The molecule has 0 bridgehead atoms. The third kappa shape index (κ3) is 3.21. The summed E-state index contributed by atoms with van der Waals surface area (Å²) in [7, 11) is 3.10. The lowest BCUT2D eigenvalue weighted by atomic mass is 10.2. The van der Waals surface area contributed by atoms with E-state index in [0.717, 1.165) is 5.56 Å². The van der Waals surface area contributed by atoms with Crippen LogP contribution in [0.25, 0.3) is 6.08 Å². The molecule has 116 valence electrons. The topological polar surface area (TPSA) is 70.0 Å². The highest BCUT2D eigenvalue weighted by Gasteiger charge is 2.25. The summed E-state index contributed by atoms with van der Waals surface area (Å²) >= 11 is 0. The minimum atomic E-state index is -0.501. The maximum atomic E-state index is 12.0. The molecule has 0 amide bonds. The van der Waals surface area contributed by atoms with E-state index in [0.29, 0.717) is 17.1 Å². The number of carbonyl (C=O) groups excluding carboxylic acids is 1. The number of rotatable bonds is 4. The molecule has 0 saturated heterocycles. The van der Waals surface area contributed by atoms with Gasteiger partial charge in [0.1, 0.15) is 11.5 Å². The van der Waals surface area contributed by atoms with Gasteiger partial charge in [0.05, 0.1) is 14.2 Å². The summed E-state index contributed by atoms with van der Waals surface area (Å²) in [5, 5.41) is 0. The summed E-state index contributed by atoms with van der Waals surface area (Å²) in [5.41, 5.74) is 1.65. The van der Waals surface area contributed by atoms with Crippen molar-refractivity contribution in [2.24, 2.45) is 4.99 Å². The maximum absolute atomic E-state index is 12.0. The minimum absolute atomic E-state index is 0.215. The third-order valence-electron chi connectivity index (χ3n) is 3.23. The van der Waals surface area contributed by atoms with Gasteiger partial charge in [0.2, 0.25) is 5.90 Å². The van der Waals surface area contributed by atoms with Gasteiger partial charge in [0.15, 0.2) is 5.70 Å². The second-order valence-electron chi connectivity index (χ2n) is 4.72. The van der Waals surface area contributed by atoms with Crippen molar-refractivity contribution in [3.8, 4) is 11.5 Å². The van der Waals surface area contributed by atoms with Crippen LogP contribution in [0.1, 0.15) is 11.1 Å². The third-order valence-corrected chi connectivity index (χ3v) is 3.23. The molecule has 3 rings (SSSR count). The van der Waals surface area contributed by atoms with Crippen LogP contribution in [-0.2, 0) is 9.53 Å². The fraction of sp³-hybridized carbons (Fsp3) is 0.118. The first-order valence-electron chi connectivity index (χ1n) is 6.85. The molecule has 0 atom stereocenters. The van der Waals surface area contributed by atoms with E-state index in [4.69, 9.17) is 14.2 Å². The summed E-state index contributed by atoms with van der Waals surface area (Å²) in [6, 6.07) is 8.74. The second-order valence-corrected chi connectivity index (χ2v) is 4.72. The molecule has 0 N–H and O–H groups in total. The van der Waals surface area contributed by atoms with Gasteiger partial charge in [-0.25, -0.2) is 9.79 Å². The normalized spacial score (nSPS) is 15.3. The van der Waals surface area contributed by atoms with E-state index in [1.54, 1.807) is 63.0 Å². The molecule has 0 fully saturated rings. The van der Waals surface area contributed by atoms with Gasteiger partial charge >= 0.3 is 5.97 Å². The van der Waals surface area contributed by atoms with Crippen molar-refractivity contribution in [3.05, 3.63) is 59.5 Å². The Morgan fingerprint density at radius 3 is 2.30 bits per heavy atom. The van der Waals surface area contributed by atoms with Gasteiger partial charge < -0.3 is 14.2 Å². The average molecular weight is 310 g/mol. The van der Waals surface area contributed by atoms with Crippen LogP contribution in [0.4, 0.5) is 0 Å². The number of cyclic esters (lactones) is 1. The standard InChI is InChI=1S/C17H14N2O4/c1-21-13-8-12(9-14(10-13)22-2)16-19-15(17(20)23-16)7-11-3-5-18-6-4-11/h3-10H,1-2H3/b15-7+. The summed E-state index contributed by atoms with van der Waals surface area (Å²) in [4.78, 5) is 20.2. The molecule has 2 heterocycles. The number of benzene rings is 1. The molecule has 2 aromatic rings. The van der Waals surface area contributed by atoms with Gasteiger partial charge in [-0.3, -0.25) is 4.98 Å². The number of pyridine rings is 1. The molecule has 1 aromatic carbocycles. The fourth-order valence-corrected chi connectivity index (χ4v) is 2.08. The summed E-state index contributed by atoms with van der Waals surface area (Å²) in [6.07, 6.45) is 4.93. The molecule has 1 aromatic heterocycles. The lowest BCUT2D eigenvalue weighted by Crippen LogP contribution is -2.06. The molecule has 0 aliphatic carbocycles. The minimum Gasteiger partial charge on any atom is -0.497 e.